The third-order valence-corrected chi connectivity index (χ3v) is 2.82. The van der Waals surface area contributed by atoms with Crippen LogP contribution in [-0.2, 0) is 17.3 Å². The van der Waals surface area contributed by atoms with Gasteiger partial charge in [-0.05, 0) is 13.0 Å². The maximum Gasteiger partial charge on any atom is 0.0538 e. The molecule has 0 saturated carbocycles. The van der Waals surface area contributed by atoms with E-state index in [1.807, 2.05) is 12.4 Å². The van der Waals surface area contributed by atoms with Gasteiger partial charge in [0.2, 0.25) is 0 Å². The van der Waals surface area contributed by atoms with E-state index in [-0.39, 0.29) is 0 Å². The van der Waals surface area contributed by atoms with Crippen LogP contribution in [0.2, 0.25) is 0 Å². The number of hydrogen-bond donors (Lipinski definition) is 1. The van der Waals surface area contributed by atoms with E-state index in [4.69, 9.17) is 0 Å². The van der Waals surface area contributed by atoms with Crippen LogP contribution in [0.4, 0.5) is 0 Å². The molecule has 15 heavy (non-hydrogen) atoms. The number of nitrogens with zero attached hydrogens (tertiary/aromatic N) is 2. The fourth-order valence-corrected chi connectivity index (χ4v) is 1.75. The van der Waals surface area contributed by atoms with Gasteiger partial charge in [-0.1, -0.05) is 6.58 Å². The standard InChI is InChI=1S/C10H17N3OS/c1-3-13-9-10(8-12-13)7-11-5-4-6-15(2)14/h3,8-9,11H,1,4-7H2,2H3. The van der Waals surface area contributed by atoms with Crippen LogP contribution in [-0.4, -0.2) is 32.5 Å². The summed E-state index contributed by atoms with van der Waals surface area (Å²) in [5.41, 5.74) is 1.13. The molecular weight excluding hydrogens is 210 g/mol. The molecule has 0 saturated heterocycles. The maximum atomic E-state index is 10.8. The van der Waals surface area contributed by atoms with Crippen molar-refractivity contribution in [2.75, 3.05) is 18.6 Å². The zero-order valence-corrected chi connectivity index (χ0v) is 9.80. The summed E-state index contributed by atoms with van der Waals surface area (Å²) < 4.78 is 12.5. The van der Waals surface area contributed by atoms with Crippen molar-refractivity contribution in [2.24, 2.45) is 0 Å². The molecule has 1 N–H and O–H groups in total. The van der Waals surface area contributed by atoms with E-state index < -0.39 is 10.8 Å². The quantitative estimate of drug-likeness (QED) is 0.702. The van der Waals surface area contributed by atoms with Crippen molar-refractivity contribution in [3.8, 4) is 0 Å². The number of rotatable bonds is 7. The molecule has 0 fully saturated rings. The Morgan fingerprint density at radius 3 is 3.13 bits per heavy atom. The minimum atomic E-state index is -0.681. The number of nitrogens with one attached hydrogen (secondary N) is 1. The van der Waals surface area contributed by atoms with Crippen LogP contribution in [0.5, 0.6) is 0 Å². The summed E-state index contributed by atoms with van der Waals surface area (Å²) >= 11 is 0. The molecule has 1 aromatic heterocycles. The third kappa shape index (κ3) is 4.90. The fraction of sp³-hybridized carbons (Fsp3) is 0.500. The lowest BCUT2D eigenvalue weighted by Crippen LogP contribution is -2.16. The first-order valence-corrected chi connectivity index (χ1v) is 6.61. The fourth-order valence-electron chi connectivity index (χ4n) is 1.20. The first-order valence-electron chi connectivity index (χ1n) is 4.88. The molecule has 0 aliphatic rings. The smallest absolute Gasteiger partial charge is 0.0538 e. The van der Waals surface area contributed by atoms with Crippen molar-refractivity contribution in [2.45, 2.75) is 13.0 Å². The summed E-state index contributed by atoms with van der Waals surface area (Å²) in [6.45, 7) is 5.30. The summed E-state index contributed by atoms with van der Waals surface area (Å²) in [4.78, 5) is 0. The molecular formula is C10H17N3OS. The highest BCUT2D eigenvalue weighted by Crippen LogP contribution is 1.96. The van der Waals surface area contributed by atoms with Gasteiger partial charge < -0.3 is 5.32 Å². The average molecular weight is 227 g/mol. The Morgan fingerprint density at radius 2 is 2.53 bits per heavy atom. The molecule has 1 aromatic rings. The van der Waals surface area contributed by atoms with E-state index >= 15 is 0 Å². The van der Waals surface area contributed by atoms with Crippen molar-refractivity contribution in [1.82, 2.24) is 15.1 Å². The molecule has 4 nitrogen and oxygen atoms in total. The van der Waals surface area contributed by atoms with Gasteiger partial charge in [0.25, 0.3) is 0 Å². The zero-order valence-electron chi connectivity index (χ0n) is 8.98. The van der Waals surface area contributed by atoms with Crippen molar-refractivity contribution in [3.63, 3.8) is 0 Å². The predicted octanol–water partition coefficient (Wildman–Crippen LogP) is 0.842. The van der Waals surface area contributed by atoms with Crippen LogP contribution in [0.1, 0.15) is 12.0 Å². The Kier molecular flexibility index (Phi) is 5.28. The Morgan fingerprint density at radius 1 is 1.73 bits per heavy atom. The van der Waals surface area contributed by atoms with E-state index in [0.717, 1.165) is 30.8 Å². The minimum absolute atomic E-state index is 0.681. The second kappa shape index (κ2) is 6.53. The minimum Gasteiger partial charge on any atom is -0.313 e. The van der Waals surface area contributed by atoms with Gasteiger partial charge in [-0.3, -0.25) is 4.21 Å². The molecule has 1 heterocycles. The highest BCUT2D eigenvalue weighted by Gasteiger charge is 1.96. The van der Waals surface area contributed by atoms with E-state index in [2.05, 4.69) is 17.0 Å². The number of hydrogen-bond acceptors (Lipinski definition) is 3. The number of aromatic nitrogens is 2. The van der Waals surface area contributed by atoms with Gasteiger partial charge in [0.1, 0.15) is 0 Å². The van der Waals surface area contributed by atoms with E-state index in [9.17, 15) is 4.21 Å². The van der Waals surface area contributed by atoms with E-state index in [1.54, 1.807) is 17.1 Å². The zero-order chi connectivity index (χ0) is 11.1. The Bertz CT molecular complexity index is 335. The van der Waals surface area contributed by atoms with Crippen molar-refractivity contribution in [1.29, 1.82) is 0 Å². The van der Waals surface area contributed by atoms with Crippen LogP contribution < -0.4 is 5.32 Å². The van der Waals surface area contributed by atoms with Crippen molar-refractivity contribution >= 4 is 17.0 Å². The predicted molar refractivity (Wildman–Crippen MR) is 63.9 cm³/mol. The summed E-state index contributed by atoms with van der Waals surface area (Å²) in [6.07, 6.45) is 8.07. The van der Waals surface area contributed by atoms with Gasteiger partial charge in [-0.2, -0.15) is 5.10 Å². The van der Waals surface area contributed by atoms with Gasteiger partial charge in [-0.15, -0.1) is 0 Å². The third-order valence-electron chi connectivity index (χ3n) is 1.96. The highest BCUT2D eigenvalue weighted by molar-refractivity contribution is 7.84. The van der Waals surface area contributed by atoms with Crippen LogP contribution >= 0.6 is 0 Å². The molecule has 84 valence electrons. The lowest BCUT2D eigenvalue weighted by atomic mass is 10.3. The normalized spacial score (nSPS) is 12.6. The Balaban J connectivity index is 2.14. The van der Waals surface area contributed by atoms with Gasteiger partial charge in [0, 0.05) is 47.3 Å². The van der Waals surface area contributed by atoms with Crippen LogP contribution in [0.25, 0.3) is 6.20 Å². The first kappa shape index (κ1) is 12.1. The molecule has 1 atom stereocenters. The molecule has 0 aliphatic heterocycles. The topological polar surface area (TPSA) is 46.9 Å². The lowest BCUT2D eigenvalue weighted by molar-refractivity contribution is 0.662. The van der Waals surface area contributed by atoms with Gasteiger partial charge >= 0.3 is 0 Å². The Labute approximate surface area is 92.8 Å². The van der Waals surface area contributed by atoms with Crippen molar-refractivity contribution < 1.29 is 4.21 Å². The van der Waals surface area contributed by atoms with Crippen molar-refractivity contribution in [3.05, 3.63) is 24.5 Å². The van der Waals surface area contributed by atoms with E-state index in [0.29, 0.717) is 0 Å². The molecule has 0 aromatic carbocycles. The molecule has 1 rings (SSSR count). The molecule has 0 radical (unpaired) electrons. The van der Waals surface area contributed by atoms with Crippen LogP contribution in [0.15, 0.2) is 19.0 Å². The molecule has 0 bridgehead atoms. The first-order chi connectivity index (χ1) is 7.22. The van der Waals surface area contributed by atoms with Crippen LogP contribution in [0, 0.1) is 0 Å². The SMILES string of the molecule is C=Cn1cc(CNCCCS(C)=O)cn1. The van der Waals surface area contributed by atoms with Gasteiger partial charge in [-0.25, -0.2) is 4.68 Å². The Hall–Kier alpha value is -0.940. The molecule has 5 heteroatoms. The molecule has 0 aliphatic carbocycles. The molecule has 0 spiro atoms. The second-order valence-electron chi connectivity index (χ2n) is 3.32. The summed E-state index contributed by atoms with van der Waals surface area (Å²) in [5.74, 6) is 0.763. The van der Waals surface area contributed by atoms with Crippen LogP contribution in [0.3, 0.4) is 0 Å². The average Bonchev–Trinajstić information content (AvgIpc) is 2.65. The monoisotopic (exact) mass is 227 g/mol. The largest absolute Gasteiger partial charge is 0.313 e. The van der Waals surface area contributed by atoms with E-state index in [1.165, 1.54) is 0 Å². The molecule has 0 amide bonds. The van der Waals surface area contributed by atoms with Gasteiger partial charge in [0.05, 0.1) is 6.20 Å². The lowest BCUT2D eigenvalue weighted by Gasteiger charge is -2.01. The summed E-state index contributed by atoms with van der Waals surface area (Å²) in [6, 6.07) is 0. The summed E-state index contributed by atoms with van der Waals surface area (Å²) in [5, 5.41) is 7.34. The summed E-state index contributed by atoms with van der Waals surface area (Å²) in [7, 11) is -0.681. The maximum absolute atomic E-state index is 10.8. The van der Waals surface area contributed by atoms with Gasteiger partial charge in [0.15, 0.2) is 0 Å². The highest BCUT2D eigenvalue weighted by atomic mass is 32.2. The molecule has 1 unspecified atom stereocenters. The second-order valence-corrected chi connectivity index (χ2v) is 4.87.